The van der Waals surface area contributed by atoms with Gasteiger partial charge in [0.2, 0.25) is 0 Å². The number of benzene rings is 1. The molecule has 14 heavy (non-hydrogen) atoms. The summed E-state index contributed by atoms with van der Waals surface area (Å²) in [6, 6.07) is 3.63. The van der Waals surface area contributed by atoms with Gasteiger partial charge in [0.05, 0.1) is 5.56 Å². The molecule has 5 heteroatoms. The molecule has 0 heterocycles. The molecule has 0 amide bonds. The van der Waals surface area contributed by atoms with Crippen molar-refractivity contribution < 1.29 is 18.3 Å². The van der Waals surface area contributed by atoms with Gasteiger partial charge in [0.25, 0.3) is 5.92 Å². The Bertz CT molecular complexity index is 308. The van der Waals surface area contributed by atoms with E-state index in [4.69, 9.17) is 5.11 Å². The molecule has 0 fully saturated rings. The number of aliphatic hydroxyl groups is 1. The third kappa shape index (κ3) is 2.27. The van der Waals surface area contributed by atoms with Crippen molar-refractivity contribution in [2.45, 2.75) is 12.3 Å². The van der Waals surface area contributed by atoms with Crippen LogP contribution in [0.3, 0.4) is 0 Å². The Kier molecular flexibility index (Phi) is 3.55. The molecule has 0 bridgehead atoms. The van der Waals surface area contributed by atoms with Gasteiger partial charge in [0, 0.05) is 17.5 Å². The van der Waals surface area contributed by atoms with E-state index in [0.29, 0.717) is 0 Å². The molecule has 0 saturated heterocycles. The van der Waals surface area contributed by atoms with Gasteiger partial charge in [-0.1, -0.05) is 22.0 Å². The molecule has 78 valence electrons. The molecule has 0 spiro atoms. The van der Waals surface area contributed by atoms with Gasteiger partial charge in [0.1, 0.15) is 5.82 Å². The van der Waals surface area contributed by atoms with E-state index in [1.165, 1.54) is 12.1 Å². The SMILES string of the molecule is OCCC(F)(F)c1c(F)cccc1Br. The second kappa shape index (κ2) is 4.31. The molecule has 0 aliphatic carbocycles. The van der Waals surface area contributed by atoms with Crippen LogP contribution in [-0.4, -0.2) is 11.7 Å². The molecule has 0 radical (unpaired) electrons. The average Bonchev–Trinajstić information content (AvgIpc) is 2.02. The van der Waals surface area contributed by atoms with Crippen LogP contribution in [0, 0.1) is 5.82 Å². The fourth-order valence-corrected chi connectivity index (χ4v) is 1.74. The van der Waals surface area contributed by atoms with Gasteiger partial charge in [-0.25, -0.2) is 13.2 Å². The van der Waals surface area contributed by atoms with Crippen molar-refractivity contribution in [3.8, 4) is 0 Å². The van der Waals surface area contributed by atoms with Gasteiger partial charge < -0.3 is 5.11 Å². The highest BCUT2D eigenvalue weighted by atomic mass is 79.9. The molecule has 1 aromatic carbocycles. The first-order chi connectivity index (χ1) is 6.49. The Hall–Kier alpha value is -0.550. The van der Waals surface area contributed by atoms with Gasteiger partial charge in [-0.15, -0.1) is 0 Å². The van der Waals surface area contributed by atoms with E-state index in [1.54, 1.807) is 0 Å². The zero-order valence-corrected chi connectivity index (χ0v) is 8.69. The molecule has 1 rings (SSSR count). The van der Waals surface area contributed by atoms with Crippen molar-refractivity contribution in [2.24, 2.45) is 0 Å². The summed E-state index contributed by atoms with van der Waals surface area (Å²) in [6.45, 7) is -0.687. The molecular formula is C9H8BrF3O. The molecule has 1 nitrogen and oxygen atoms in total. The molecule has 0 aromatic heterocycles. The maximum absolute atomic E-state index is 13.2. The topological polar surface area (TPSA) is 20.2 Å². The van der Waals surface area contributed by atoms with Crippen LogP contribution in [0.25, 0.3) is 0 Å². The Morgan fingerprint density at radius 2 is 2.00 bits per heavy atom. The standard InChI is InChI=1S/C9H8BrF3O/c10-6-2-1-3-7(11)8(6)9(12,13)4-5-14/h1-3,14H,4-5H2. The smallest absolute Gasteiger partial charge is 0.279 e. The number of alkyl halides is 2. The lowest BCUT2D eigenvalue weighted by Crippen LogP contribution is -2.17. The molecule has 1 aromatic rings. The normalized spacial score (nSPS) is 11.8. The number of hydrogen-bond acceptors (Lipinski definition) is 1. The zero-order valence-electron chi connectivity index (χ0n) is 7.11. The summed E-state index contributed by atoms with van der Waals surface area (Å²) in [4.78, 5) is 0. The van der Waals surface area contributed by atoms with Crippen molar-refractivity contribution in [3.05, 3.63) is 34.1 Å². The second-order valence-corrected chi connectivity index (χ2v) is 3.63. The fraction of sp³-hybridized carbons (Fsp3) is 0.333. The summed E-state index contributed by atoms with van der Waals surface area (Å²) in [7, 11) is 0. The highest BCUT2D eigenvalue weighted by Gasteiger charge is 2.35. The van der Waals surface area contributed by atoms with Crippen LogP contribution in [0.4, 0.5) is 13.2 Å². The van der Waals surface area contributed by atoms with E-state index in [0.717, 1.165) is 6.07 Å². The Morgan fingerprint density at radius 1 is 1.36 bits per heavy atom. The van der Waals surface area contributed by atoms with Crippen LogP contribution >= 0.6 is 15.9 Å². The minimum Gasteiger partial charge on any atom is -0.396 e. The van der Waals surface area contributed by atoms with E-state index >= 15 is 0 Å². The quantitative estimate of drug-likeness (QED) is 0.894. The van der Waals surface area contributed by atoms with E-state index in [1.807, 2.05) is 0 Å². The van der Waals surface area contributed by atoms with Crippen molar-refractivity contribution in [3.63, 3.8) is 0 Å². The first kappa shape index (κ1) is 11.5. The van der Waals surface area contributed by atoms with Crippen LogP contribution < -0.4 is 0 Å². The van der Waals surface area contributed by atoms with Gasteiger partial charge in [-0.3, -0.25) is 0 Å². The number of aliphatic hydroxyl groups excluding tert-OH is 1. The molecule has 0 aliphatic heterocycles. The van der Waals surface area contributed by atoms with Crippen molar-refractivity contribution in [2.75, 3.05) is 6.61 Å². The van der Waals surface area contributed by atoms with E-state index in [-0.39, 0.29) is 4.47 Å². The largest absolute Gasteiger partial charge is 0.396 e. The van der Waals surface area contributed by atoms with Crippen LogP contribution in [0.1, 0.15) is 12.0 Å². The Labute approximate surface area is 87.7 Å². The van der Waals surface area contributed by atoms with Crippen molar-refractivity contribution in [1.29, 1.82) is 0 Å². The van der Waals surface area contributed by atoms with Gasteiger partial charge in [-0.2, -0.15) is 0 Å². The summed E-state index contributed by atoms with van der Waals surface area (Å²) in [5, 5.41) is 8.43. The average molecular weight is 269 g/mol. The number of hydrogen-bond donors (Lipinski definition) is 1. The fourth-order valence-electron chi connectivity index (χ4n) is 1.11. The van der Waals surface area contributed by atoms with Gasteiger partial charge in [0.15, 0.2) is 0 Å². The minimum absolute atomic E-state index is 0.0101. The maximum Gasteiger partial charge on any atom is 0.279 e. The van der Waals surface area contributed by atoms with Crippen molar-refractivity contribution in [1.82, 2.24) is 0 Å². The highest BCUT2D eigenvalue weighted by molar-refractivity contribution is 9.10. The number of rotatable bonds is 3. The third-order valence-corrected chi connectivity index (χ3v) is 2.42. The Balaban J connectivity index is 3.17. The summed E-state index contributed by atoms with van der Waals surface area (Å²) in [6.07, 6.45) is -0.785. The van der Waals surface area contributed by atoms with E-state index in [2.05, 4.69) is 15.9 Å². The number of halogens is 4. The predicted octanol–water partition coefficient (Wildman–Crippen LogP) is 3.06. The lowest BCUT2D eigenvalue weighted by atomic mass is 10.1. The molecule has 0 saturated carbocycles. The van der Waals surface area contributed by atoms with Crippen LogP contribution in [0.15, 0.2) is 22.7 Å². The van der Waals surface area contributed by atoms with E-state index in [9.17, 15) is 13.2 Å². The lowest BCUT2D eigenvalue weighted by Gasteiger charge is -2.17. The van der Waals surface area contributed by atoms with Crippen LogP contribution in [0.5, 0.6) is 0 Å². The highest BCUT2D eigenvalue weighted by Crippen LogP contribution is 2.37. The summed E-state index contributed by atoms with van der Waals surface area (Å²) in [5.74, 6) is -4.32. The molecule has 1 N–H and O–H groups in total. The molecule has 0 unspecified atom stereocenters. The third-order valence-electron chi connectivity index (χ3n) is 1.75. The summed E-state index contributed by atoms with van der Waals surface area (Å²) in [5.41, 5.74) is -0.700. The second-order valence-electron chi connectivity index (χ2n) is 2.77. The van der Waals surface area contributed by atoms with Gasteiger partial charge in [-0.05, 0) is 12.1 Å². The van der Waals surface area contributed by atoms with E-state index < -0.39 is 30.3 Å². The van der Waals surface area contributed by atoms with Crippen molar-refractivity contribution >= 4 is 15.9 Å². The molecule has 0 atom stereocenters. The Morgan fingerprint density at radius 3 is 2.50 bits per heavy atom. The molecule has 0 aliphatic rings. The maximum atomic E-state index is 13.2. The monoisotopic (exact) mass is 268 g/mol. The van der Waals surface area contributed by atoms with Crippen LogP contribution in [0.2, 0.25) is 0 Å². The summed E-state index contributed by atoms with van der Waals surface area (Å²) < 4.78 is 39.6. The van der Waals surface area contributed by atoms with Gasteiger partial charge >= 0.3 is 0 Å². The summed E-state index contributed by atoms with van der Waals surface area (Å²) >= 11 is 2.85. The zero-order chi connectivity index (χ0) is 10.8. The lowest BCUT2D eigenvalue weighted by molar-refractivity contribution is -0.0306. The minimum atomic E-state index is -3.35. The van der Waals surface area contributed by atoms with Crippen LogP contribution in [-0.2, 0) is 5.92 Å². The first-order valence-electron chi connectivity index (χ1n) is 3.92. The first-order valence-corrected chi connectivity index (χ1v) is 4.71. The molecular weight excluding hydrogens is 261 g/mol. The predicted molar refractivity (Wildman–Crippen MR) is 49.7 cm³/mol.